The van der Waals surface area contributed by atoms with Gasteiger partial charge in [0.1, 0.15) is 0 Å². The van der Waals surface area contributed by atoms with Gasteiger partial charge in [-0.3, -0.25) is 4.90 Å². The first-order valence-corrected chi connectivity index (χ1v) is 8.61. The minimum absolute atomic E-state index is 0.417. The molecule has 0 aliphatic heterocycles. The van der Waals surface area contributed by atoms with Crippen molar-refractivity contribution in [1.29, 1.82) is 0 Å². The minimum Gasteiger partial charge on any atom is -0.312 e. The van der Waals surface area contributed by atoms with Gasteiger partial charge in [0.25, 0.3) is 0 Å². The Kier molecular flexibility index (Phi) is 6.25. The molecule has 1 aliphatic carbocycles. The molecule has 1 saturated carbocycles. The molecule has 118 valence electrons. The van der Waals surface area contributed by atoms with Gasteiger partial charge in [0.15, 0.2) is 0 Å². The molecular weight excluding hydrogens is 256 g/mol. The summed E-state index contributed by atoms with van der Waals surface area (Å²) in [6.07, 6.45) is 6.68. The van der Waals surface area contributed by atoms with Crippen LogP contribution >= 0.6 is 0 Å². The van der Waals surface area contributed by atoms with E-state index in [2.05, 4.69) is 68.5 Å². The lowest BCUT2D eigenvalue weighted by Gasteiger charge is -2.41. The second kappa shape index (κ2) is 7.95. The lowest BCUT2D eigenvalue weighted by Crippen LogP contribution is -2.47. The van der Waals surface area contributed by atoms with Crippen LogP contribution in [0, 0.1) is 5.92 Å². The summed E-state index contributed by atoms with van der Waals surface area (Å²) < 4.78 is 0. The number of benzene rings is 1. The van der Waals surface area contributed by atoms with E-state index in [-0.39, 0.29) is 0 Å². The molecule has 21 heavy (non-hydrogen) atoms. The summed E-state index contributed by atoms with van der Waals surface area (Å²) in [5, 5.41) is 3.56. The molecule has 0 aromatic heterocycles. The van der Waals surface area contributed by atoms with Crippen molar-refractivity contribution in [3.05, 3.63) is 35.9 Å². The SMILES string of the molecule is CCC(C(NC)c1ccccc1)N(C)C1CCC(C)CC1. The van der Waals surface area contributed by atoms with Crippen LogP contribution in [-0.4, -0.2) is 31.1 Å². The predicted octanol–water partition coefficient (Wildman–Crippen LogP) is 4.24. The maximum Gasteiger partial charge on any atom is 0.0475 e. The van der Waals surface area contributed by atoms with Gasteiger partial charge in [0, 0.05) is 18.1 Å². The number of hydrogen-bond donors (Lipinski definition) is 1. The van der Waals surface area contributed by atoms with Crippen LogP contribution < -0.4 is 5.32 Å². The van der Waals surface area contributed by atoms with Gasteiger partial charge >= 0.3 is 0 Å². The molecule has 0 heterocycles. The van der Waals surface area contributed by atoms with Gasteiger partial charge in [-0.05, 0) is 57.7 Å². The molecule has 2 rings (SSSR count). The number of nitrogens with zero attached hydrogens (tertiary/aromatic N) is 1. The predicted molar refractivity (Wildman–Crippen MR) is 91.5 cm³/mol. The Morgan fingerprint density at radius 3 is 2.29 bits per heavy atom. The van der Waals surface area contributed by atoms with E-state index in [9.17, 15) is 0 Å². The van der Waals surface area contributed by atoms with Crippen LogP contribution in [0.5, 0.6) is 0 Å². The fourth-order valence-corrected chi connectivity index (χ4v) is 3.92. The number of rotatable bonds is 6. The van der Waals surface area contributed by atoms with E-state index >= 15 is 0 Å². The van der Waals surface area contributed by atoms with Crippen molar-refractivity contribution < 1.29 is 0 Å². The van der Waals surface area contributed by atoms with Gasteiger partial charge in [-0.2, -0.15) is 0 Å². The van der Waals surface area contributed by atoms with E-state index in [1.54, 1.807) is 0 Å². The lowest BCUT2D eigenvalue weighted by atomic mass is 9.85. The van der Waals surface area contributed by atoms with Gasteiger partial charge in [-0.1, -0.05) is 44.2 Å². The highest BCUT2D eigenvalue weighted by Crippen LogP contribution is 2.31. The second-order valence-corrected chi connectivity index (χ2v) is 6.73. The maximum atomic E-state index is 3.56. The Morgan fingerprint density at radius 1 is 1.14 bits per heavy atom. The first-order valence-electron chi connectivity index (χ1n) is 8.61. The van der Waals surface area contributed by atoms with Crippen LogP contribution in [0.3, 0.4) is 0 Å². The average Bonchev–Trinajstić information content (AvgIpc) is 2.53. The molecule has 1 aromatic rings. The van der Waals surface area contributed by atoms with E-state index in [4.69, 9.17) is 0 Å². The highest BCUT2D eigenvalue weighted by Gasteiger charge is 2.30. The maximum absolute atomic E-state index is 3.56. The molecular formula is C19H32N2. The number of likely N-dealkylation sites (N-methyl/N-ethyl adjacent to an activating group) is 2. The molecule has 1 aliphatic rings. The summed E-state index contributed by atoms with van der Waals surface area (Å²) >= 11 is 0. The zero-order valence-corrected chi connectivity index (χ0v) is 14.2. The summed E-state index contributed by atoms with van der Waals surface area (Å²) in [5.74, 6) is 0.920. The van der Waals surface area contributed by atoms with Crippen molar-refractivity contribution in [3.63, 3.8) is 0 Å². The molecule has 0 amide bonds. The molecule has 0 radical (unpaired) electrons. The monoisotopic (exact) mass is 288 g/mol. The molecule has 0 bridgehead atoms. The van der Waals surface area contributed by atoms with Crippen molar-refractivity contribution in [2.75, 3.05) is 14.1 Å². The van der Waals surface area contributed by atoms with E-state index < -0.39 is 0 Å². The van der Waals surface area contributed by atoms with Crippen molar-refractivity contribution in [3.8, 4) is 0 Å². The standard InChI is InChI=1S/C19H32N2/c1-5-18(19(20-3)16-9-7-6-8-10-16)21(4)17-13-11-15(2)12-14-17/h6-10,15,17-20H,5,11-14H2,1-4H3. The largest absolute Gasteiger partial charge is 0.312 e. The van der Waals surface area contributed by atoms with E-state index in [0.717, 1.165) is 12.0 Å². The average molecular weight is 288 g/mol. The summed E-state index contributed by atoms with van der Waals surface area (Å²) in [4.78, 5) is 2.65. The highest BCUT2D eigenvalue weighted by atomic mass is 15.2. The summed E-state index contributed by atoms with van der Waals surface area (Å²) in [7, 11) is 4.43. The molecule has 0 spiro atoms. The van der Waals surface area contributed by atoms with Crippen LogP contribution in [0.15, 0.2) is 30.3 Å². The third kappa shape index (κ3) is 4.08. The zero-order chi connectivity index (χ0) is 15.2. The smallest absolute Gasteiger partial charge is 0.0475 e. The Balaban J connectivity index is 2.09. The minimum atomic E-state index is 0.417. The van der Waals surface area contributed by atoms with Gasteiger partial charge in [0.2, 0.25) is 0 Å². The molecule has 1 fully saturated rings. The topological polar surface area (TPSA) is 15.3 Å². The Labute approximate surface area is 130 Å². The molecule has 2 unspecified atom stereocenters. The Bertz CT molecular complexity index is 395. The van der Waals surface area contributed by atoms with Gasteiger partial charge < -0.3 is 5.32 Å². The summed E-state index contributed by atoms with van der Waals surface area (Å²) in [6, 6.07) is 12.6. The molecule has 1 N–H and O–H groups in total. The zero-order valence-electron chi connectivity index (χ0n) is 14.2. The Hall–Kier alpha value is -0.860. The number of hydrogen-bond acceptors (Lipinski definition) is 2. The molecule has 1 aromatic carbocycles. The Morgan fingerprint density at radius 2 is 1.76 bits per heavy atom. The second-order valence-electron chi connectivity index (χ2n) is 6.73. The van der Waals surface area contributed by atoms with Crippen molar-refractivity contribution in [2.45, 2.75) is 64.1 Å². The van der Waals surface area contributed by atoms with Crippen molar-refractivity contribution >= 4 is 0 Å². The van der Waals surface area contributed by atoms with Crippen LogP contribution in [-0.2, 0) is 0 Å². The van der Waals surface area contributed by atoms with E-state index in [1.807, 2.05) is 0 Å². The summed E-state index contributed by atoms with van der Waals surface area (Å²) in [5.41, 5.74) is 1.41. The third-order valence-corrected chi connectivity index (χ3v) is 5.36. The van der Waals surface area contributed by atoms with Crippen molar-refractivity contribution in [2.24, 2.45) is 5.92 Å². The summed E-state index contributed by atoms with van der Waals surface area (Å²) in [6.45, 7) is 4.72. The van der Waals surface area contributed by atoms with Gasteiger partial charge in [0.05, 0.1) is 0 Å². The third-order valence-electron chi connectivity index (χ3n) is 5.36. The molecule has 2 heteroatoms. The molecule has 2 atom stereocenters. The fourth-order valence-electron chi connectivity index (χ4n) is 3.92. The molecule has 2 nitrogen and oxygen atoms in total. The van der Waals surface area contributed by atoms with Crippen LogP contribution in [0.1, 0.15) is 57.6 Å². The number of nitrogens with one attached hydrogen (secondary N) is 1. The lowest BCUT2D eigenvalue weighted by molar-refractivity contribution is 0.0981. The van der Waals surface area contributed by atoms with Crippen molar-refractivity contribution in [1.82, 2.24) is 10.2 Å². The van der Waals surface area contributed by atoms with Crippen LogP contribution in [0.4, 0.5) is 0 Å². The first kappa shape index (κ1) is 16.5. The quantitative estimate of drug-likeness (QED) is 0.842. The molecule has 0 saturated heterocycles. The van der Waals surface area contributed by atoms with Gasteiger partial charge in [-0.25, -0.2) is 0 Å². The fraction of sp³-hybridized carbons (Fsp3) is 0.684. The normalized spacial score (nSPS) is 25.8. The van der Waals surface area contributed by atoms with Crippen LogP contribution in [0.2, 0.25) is 0 Å². The van der Waals surface area contributed by atoms with Crippen LogP contribution in [0.25, 0.3) is 0 Å². The van der Waals surface area contributed by atoms with E-state index in [1.165, 1.54) is 37.7 Å². The highest BCUT2D eigenvalue weighted by molar-refractivity contribution is 5.20. The first-order chi connectivity index (χ1) is 10.2. The van der Waals surface area contributed by atoms with E-state index in [0.29, 0.717) is 12.1 Å². The van der Waals surface area contributed by atoms with Gasteiger partial charge in [-0.15, -0.1) is 0 Å².